The molecule has 3 aromatic rings. The van der Waals surface area contributed by atoms with Crippen LogP contribution in [0.25, 0.3) is 0 Å². The van der Waals surface area contributed by atoms with Crippen molar-refractivity contribution in [2.45, 2.75) is 13.5 Å². The number of anilines is 1. The topological polar surface area (TPSA) is 116 Å². The number of carbonyl (C=O) groups is 1. The Bertz CT molecular complexity index is 998. The molecule has 1 amide bonds. The smallest absolute Gasteiger partial charge is 0.307 e. The van der Waals surface area contributed by atoms with E-state index in [-0.39, 0.29) is 22.9 Å². The monoisotopic (exact) mass is 395 g/mol. The first-order valence-electron chi connectivity index (χ1n) is 7.23. The summed E-state index contributed by atoms with van der Waals surface area (Å²) in [4.78, 5) is 22.7. The zero-order valence-electron chi connectivity index (χ0n) is 13.3. The van der Waals surface area contributed by atoms with Gasteiger partial charge in [-0.3, -0.25) is 19.6 Å². The lowest BCUT2D eigenvalue weighted by Crippen LogP contribution is -2.16. The predicted molar refractivity (Wildman–Crippen MR) is 93.6 cm³/mol. The van der Waals surface area contributed by atoms with Crippen molar-refractivity contribution >= 4 is 40.5 Å². The quantitative estimate of drug-likeness (QED) is 0.519. The molecule has 2 aromatic heterocycles. The van der Waals surface area contributed by atoms with E-state index in [0.29, 0.717) is 22.0 Å². The van der Waals surface area contributed by atoms with Crippen LogP contribution in [0.4, 0.5) is 11.4 Å². The Morgan fingerprint density at radius 2 is 2.19 bits per heavy atom. The highest BCUT2D eigenvalue weighted by Gasteiger charge is 2.22. The first-order valence-corrected chi connectivity index (χ1v) is 7.99. The van der Waals surface area contributed by atoms with E-state index < -0.39 is 10.8 Å². The number of nitrogens with one attached hydrogen (secondary N) is 1. The van der Waals surface area contributed by atoms with Crippen molar-refractivity contribution in [2.75, 3.05) is 5.32 Å². The molecule has 0 aliphatic carbocycles. The van der Waals surface area contributed by atoms with Crippen LogP contribution in [0, 0.1) is 17.0 Å². The lowest BCUT2D eigenvalue weighted by molar-refractivity contribution is -0.385. The van der Waals surface area contributed by atoms with Gasteiger partial charge in [-0.1, -0.05) is 28.4 Å². The third kappa shape index (κ3) is 3.68. The predicted octanol–water partition coefficient (Wildman–Crippen LogP) is 3.70. The number of halogens is 2. The summed E-state index contributed by atoms with van der Waals surface area (Å²) in [6.45, 7) is 1.71. The van der Waals surface area contributed by atoms with Crippen LogP contribution in [0.15, 0.2) is 35.1 Å². The van der Waals surface area contributed by atoms with Crippen molar-refractivity contribution in [1.29, 1.82) is 0 Å². The fourth-order valence-electron chi connectivity index (χ4n) is 2.22. The van der Waals surface area contributed by atoms with Gasteiger partial charge in [-0.05, 0) is 25.1 Å². The molecule has 1 N–H and O–H groups in total. The molecule has 9 nitrogen and oxygen atoms in total. The number of aromatic nitrogens is 3. The van der Waals surface area contributed by atoms with E-state index in [0.717, 1.165) is 6.20 Å². The van der Waals surface area contributed by atoms with E-state index in [2.05, 4.69) is 15.6 Å². The normalized spacial score (nSPS) is 10.7. The highest BCUT2D eigenvalue weighted by molar-refractivity contribution is 6.36. The van der Waals surface area contributed by atoms with E-state index in [1.54, 1.807) is 19.1 Å². The molecule has 0 atom stereocenters. The number of rotatable bonds is 5. The van der Waals surface area contributed by atoms with Crippen molar-refractivity contribution in [3.8, 4) is 0 Å². The van der Waals surface area contributed by atoms with Crippen LogP contribution in [0.3, 0.4) is 0 Å². The van der Waals surface area contributed by atoms with Gasteiger partial charge in [-0.25, -0.2) is 0 Å². The zero-order valence-corrected chi connectivity index (χ0v) is 14.8. The van der Waals surface area contributed by atoms with Crippen molar-refractivity contribution in [2.24, 2.45) is 0 Å². The highest BCUT2D eigenvalue weighted by Crippen LogP contribution is 2.26. The van der Waals surface area contributed by atoms with Crippen LogP contribution in [-0.2, 0) is 6.54 Å². The number of aryl methyl sites for hydroxylation is 1. The maximum atomic E-state index is 12.5. The summed E-state index contributed by atoms with van der Waals surface area (Å²) in [6, 6.07) is 4.64. The maximum Gasteiger partial charge on any atom is 0.307 e. The second-order valence-corrected chi connectivity index (χ2v) is 6.14. The third-order valence-electron chi connectivity index (χ3n) is 3.53. The lowest BCUT2D eigenvalue weighted by atomic mass is 10.2. The molecule has 0 radical (unpaired) electrons. The molecule has 0 unspecified atom stereocenters. The number of amides is 1. The first kappa shape index (κ1) is 17.9. The average molecular weight is 396 g/mol. The summed E-state index contributed by atoms with van der Waals surface area (Å²) < 4.78 is 6.41. The number of nitro groups is 1. The number of hydrogen-bond acceptors (Lipinski definition) is 6. The lowest BCUT2D eigenvalue weighted by Gasteiger charge is -2.07. The molecule has 26 heavy (non-hydrogen) atoms. The van der Waals surface area contributed by atoms with Crippen LogP contribution >= 0.6 is 23.2 Å². The van der Waals surface area contributed by atoms with Gasteiger partial charge in [0.05, 0.1) is 22.2 Å². The molecule has 0 aliphatic heterocycles. The fraction of sp³-hybridized carbons (Fsp3) is 0.133. The van der Waals surface area contributed by atoms with Gasteiger partial charge in [0, 0.05) is 10.6 Å². The minimum atomic E-state index is -0.555. The minimum Gasteiger partial charge on any atom is -0.361 e. The molecule has 0 bridgehead atoms. The zero-order chi connectivity index (χ0) is 18.8. The second-order valence-electron chi connectivity index (χ2n) is 5.30. The van der Waals surface area contributed by atoms with E-state index in [4.69, 9.17) is 27.7 Å². The number of benzene rings is 1. The van der Waals surface area contributed by atoms with Gasteiger partial charge in [0.15, 0.2) is 5.69 Å². The SMILES string of the molecule is Cc1onc(C(=O)Nc2ccc(Cl)cc2Cl)c1Cn1cc([N+](=O)[O-])cn1. The Kier molecular flexibility index (Phi) is 4.92. The maximum absolute atomic E-state index is 12.5. The number of nitrogens with zero attached hydrogens (tertiary/aromatic N) is 4. The van der Waals surface area contributed by atoms with Gasteiger partial charge in [0.1, 0.15) is 18.2 Å². The Hall–Kier alpha value is -2.91. The highest BCUT2D eigenvalue weighted by atomic mass is 35.5. The molecular formula is C15H11Cl2N5O4. The molecule has 0 saturated carbocycles. The molecule has 0 aliphatic rings. The van der Waals surface area contributed by atoms with Gasteiger partial charge in [-0.2, -0.15) is 5.10 Å². The molecule has 11 heteroatoms. The van der Waals surface area contributed by atoms with Crippen LogP contribution in [0.1, 0.15) is 21.8 Å². The Balaban J connectivity index is 1.84. The summed E-state index contributed by atoms with van der Waals surface area (Å²) in [7, 11) is 0. The average Bonchev–Trinajstić information content (AvgIpc) is 3.18. The molecule has 1 aromatic carbocycles. The standard InChI is InChI=1S/C15H11Cl2N5O4/c1-8-11(7-21-6-10(5-18-21)22(24)25)14(20-26-8)15(23)19-13-3-2-9(16)4-12(13)17/h2-6H,7H2,1H3,(H,19,23). The molecule has 134 valence electrons. The van der Waals surface area contributed by atoms with Crippen LogP contribution in [0.5, 0.6) is 0 Å². The fourth-order valence-corrected chi connectivity index (χ4v) is 2.68. The number of carbonyl (C=O) groups excluding carboxylic acids is 1. The summed E-state index contributed by atoms with van der Waals surface area (Å²) in [5.41, 5.74) is 0.692. The van der Waals surface area contributed by atoms with Crippen molar-refractivity contribution in [1.82, 2.24) is 14.9 Å². The molecular weight excluding hydrogens is 385 g/mol. The molecule has 0 spiro atoms. The van der Waals surface area contributed by atoms with Crippen molar-refractivity contribution in [3.05, 3.63) is 67.8 Å². The van der Waals surface area contributed by atoms with E-state index in [1.807, 2.05) is 0 Å². The molecule has 2 heterocycles. The van der Waals surface area contributed by atoms with Gasteiger partial charge >= 0.3 is 5.69 Å². The Morgan fingerprint density at radius 3 is 2.85 bits per heavy atom. The number of hydrogen-bond donors (Lipinski definition) is 1. The van der Waals surface area contributed by atoms with E-state index in [1.165, 1.54) is 16.9 Å². The summed E-state index contributed by atoms with van der Waals surface area (Å²) >= 11 is 11.9. The first-order chi connectivity index (χ1) is 12.3. The van der Waals surface area contributed by atoms with Gasteiger partial charge in [0.25, 0.3) is 5.91 Å². The molecule has 0 saturated heterocycles. The third-order valence-corrected chi connectivity index (χ3v) is 4.08. The van der Waals surface area contributed by atoms with Crippen LogP contribution in [0.2, 0.25) is 10.0 Å². The molecule has 3 rings (SSSR count). The Morgan fingerprint density at radius 1 is 1.42 bits per heavy atom. The summed E-state index contributed by atoms with van der Waals surface area (Å²) in [5.74, 6) is -0.141. The molecule has 0 fully saturated rings. The van der Waals surface area contributed by atoms with Crippen LogP contribution < -0.4 is 5.32 Å². The van der Waals surface area contributed by atoms with Crippen molar-refractivity contribution < 1.29 is 14.2 Å². The van der Waals surface area contributed by atoms with E-state index in [9.17, 15) is 14.9 Å². The van der Waals surface area contributed by atoms with E-state index >= 15 is 0 Å². The summed E-state index contributed by atoms with van der Waals surface area (Å²) in [6.07, 6.45) is 2.38. The van der Waals surface area contributed by atoms with Gasteiger partial charge in [0.2, 0.25) is 0 Å². The Labute approximate surface area is 156 Å². The second kappa shape index (κ2) is 7.14. The van der Waals surface area contributed by atoms with Crippen LogP contribution in [-0.4, -0.2) is 25.8 Å². The van der Waals surface area contributed by atoms with Gasteiger partial charge < -0.3 is 9.84 Å². The minimum absolute atomic E-state index is 0.0340. The largest absolute Gasteiger partial charge is 0.361 e. The van der Waals surface area contributed by atoms with Gasteiger partial charge in [-0.15, -0.1) is 0 Å². The van der Waals surface area contributed by atoms with Crippen molar-refractivity contribution in [3.63, 3.8) is 0 Å². The summed E-state index contributed by atoms with van der Waals surface area (Å²) in [5, 5.41) is 21.8.